The standard InChI is InChI=1S/C17H17BrO3/c1-11-6-12(2)8-15(7-11)21-16(17(19)20)10-13-4-3-5-14(18)9-13/h3-9,16H,10H2,1-2H3,(H,19,20). The number of halogens is 1. The van der Waals surface area contributed by atoms with E-state index in [1.54, 1.807) is 0 Å². The Hall–Kier alpha value is -1.81. The van der Waals surface area contributed by atoms with Crippen molar-refractivity contribution < 1.29 is 14.6 Å². The maximum Gasteiger partial charge on any atom is 0.345 e. The summed E-state index contributed by atoms with van der Waals surface area (Å²) in [5.74, 6) is -0.371. The van der Waals surface area contributed by atoms with Gasteiger partial charge in [-0.2, -0.15) is 0 Å². The lowest BCUT2D eigenvalue weighted by Gasteiger charge is -2.16. The summed E-state index contributed by atoms with van der Waals surface area (Å²) in [5, 5.41) is 9.37. The molecule has 21 heavy (non-hydrogen) atoms. The highest BCUT2D eigenvalue weighted by molar-refractivity contribution is 9.10. The largest absolute Gasteiger partial charge is 0.478 e. The fourth-order valence-electron chi connectivity index (χ4n) is 2.22. The predicted molar refractivity (Wildman–Crippen MR) is 85.8 cm³/mol. The van der Waals surface area contributed by atoms with Gasteiger partial charge in [-0.25, -0.2) is 4.79 Å². The summed E-state index contributed by atoms with van der Waals surface area (Å²) in [6.45, 7) is 3.92. The van der Waals surface area contributed by atoms with Crippen LogP contribution >= 0.6 is 15.9 Å². The third-order valence-electron chi connectivity index (χ3n) is 3.06. The Kier molecular flexibility index (Phi) is 5.02. The van der Waals surface area contributed by atoms with Crippen LogP contribution in [0.3, 0.4) is 0 Å². The molecule has 0 aliphatic rings. The van der Waals surface area contributed by atoms with Crippen molar-refractivity contribution in [1.29, 1.82) is 0 Å². The van der Waals surface area contributed by atoms with Gasteiger partial charge in [0.15, 0.2) is 6.10 Å². The van der Waals surface area contributed by atoms with Crippen molar-refractivity contribution in [1.82, 2.24) is 0 Å². The van der Waals surface area contributed by atoms with E-state index in [-0.39, 0.29) is 0 Å². The Morgan fingerprint density at radius 3 is 2.43 bits per heavy atom. The van der Waals surface area contributed by atoms with E-state index in [2.05, 4.69) is 15.9 Å². The molecule has 0 amide bonds. The maximum atomic E-state index is 11.4. The number of carboxylic acids is 1. The molecule has 3 nitrogen and oxygen atoms in total. The van der Waals surface area contributed by atoms with Gasteiger partial charge in [0.05, 0.1) is 0 Å². The molecule has 0 saturated heterocycles. The molecule has 1 N–H and O–H groups in total. The van der Waals surface area contributed by atoms with Gasteiger partial charge in [-0.1, -0.05) is 34.1 Å². The minimum Gasteiger partial charge on any atom is -0.478 e. The van der Waals surface area contributed by atoms with E-state index in [9.17, 15) is 9.90 Å². The molecule has 0 spiro atoms. The number of aliphatic carboxylic acids is 1. The van der Waals surface area contributed by atoms with Crippen LogP contribution in [-0.4, -0.2) is 17.2 Å². The molecule has 0 aliphatic heterocycles. The van der Waals surface area contributed by atoms with Gasteiger partial charge in [0, 0.05) is 10.9 Å². The molecule has 0 aliphatic carbocycles. The summed E-state index contributed by atoms with van der Waals surface area (Å²) >= 11 is 3.39. The smallest absolute Gasteiger partial charge is 0.345 e. The normalized spacial score (nSPS) is 12.0. The summed E-state index contributed by atoms with van der Waals surface area (Å²) in [5.41, 5.74) is 3.02. The van der Waals surface area contributed by atoms with E-state index >= 15 is 0 Å². The Labute approximate surface area is 132 Å². The maximum absolute atomic E-state index is 11.4. The number of carboxylic acid groups (broad SMARTS) is 1. The van der Waals surface area contributed by atoms with Gasteiger partial charge in [-0.3, -0.25) is 0 Å². The second-order valence-electron chi connectivity index (χ2n) is 5.10. The van der Waals surface area contributed by atoms with Crippen LogP contribution in [0.4, 0.5) is 0 Å². The number of aryl methyl sites for hydroxylation is 2. The fourth-order valence-corrected chi connectivity index (χ4v) is 2.67. The Morgan fingerprint density at radius 1 is 1.19 bits per heavy atom. The van der Waals surface area contributed by atoms with Crippen LogP contribution in [0.2, 0.25) is 0 Å². The molecular formula is C17H17BrO3. The molecule has 0 radical (unpaired) electrons. The van der Waals surface area contributed by atoms with Crippen LogP contribution in [-0.2, 0) is 11.2 Å². The van der Waals surface area contributed by atoms with Crippen LogP contribution in [0.1, 0.15) is 16.7 Å². The van der Waals surface area contributed by atoms with Gasteiger partial charge in [-0.15, -0.1) is 0 Å². The predicted octanol–water partition coefficient (Wildman–Crippen LogP) is 4.14. The van der Waals surface area contributed by atoms with E-state index in [1.807, 2.05) is 56.3 Å². The molecule has 0 bridgehead atoms. The van der Waals surface area contributed by atoms with Crippen molar-refractivity contribution in [2.75, 3.05) is 0 Å². The van der Waals surface area contributed by atoms with Gasteiger partial charge in [0.2, 0.25) is 0 Å². The molecule has 2 rings (SSSR count). The average molecular weight is 349 g/mol. The summed E-state index contributed by atoms with van der Waals surface area (Å²) < 4.78 is 6.59. The van der Waals surface area contributed by atoms with Crippen molar-refractivity contribution >= 4 is 21.9 Å². The van der Waals surface area contributed by atoms with Crippen molar-refractivity contribution in [3.63, 3.8) is 0 Å². The lowest BCUT2D eigenvalue weighted by Crippen LogP contribution is -2.29. The topological polar surface area (TPSA) is 46.5 Å². The van der Waals surface area contributed by atoms with Gasteiger partial charge in [0.25, 0.3) is 0 Å². The van der Waals surface area contributed by atoms with Crippen LogP contribution < -0.4 is 4.74 Å². The quantitative estimate of drug-likeness (QED) is 0.883. The zero-order valence-electron chi connectivity index (χ0n) is 12.0. The number of benzene rings is 2. The Balaban J connectivity index is 2.17. The van der Waals surface area contributed by atoms with Crippen LogP contribution in [0.25, 0.3) is 0 Å². The van der Waals surface area contributed by atoms with Crippen molar-refractivity contribution in [3.8, 4) is 5.75 Å². The summed E-state index contributed by atoms with van der Waals surface area (Å²) in [6, 6.07) is 13.3. The molecule has 110 valence electrons. The van der Waals surface area contributed by atoms with Crippen molar-refractivity contribution in [2.24, 2.45) is 0 Å². The summed E-state index contributed by atoms with van der Waals surface area (Å²) in [7, 11) is 0. The average Bonchev–Trinajstić information content (AvgIpc) is 2.36. The Bertz CT molecular complexity index is 632. The number of hydrogen-bond donors (Lipinski definition) is 1. The van der Waals surface area contributed by atoms with E-state index in [0.29, 0.717) is 12.2 Å². The first-order chi connectivity index (χ1) is 9.94. The lowest BCUT2D eigenvalue weighted by atomic mass is 10.1. The van der Waals surface area contributed by atoms with E-state index in [4.69, 9.17) is 4.74 Å². The number of rotatable bonds is 5. The molecule has 1 unspecified atom stereocenters. The molecular weight excluding hydrogens is 332 g/mol. The molecule has 0 fully saturated rings. The van der Waals surface area contributed by atoms with Crippen LogP contribution in [0.5, 0.6) is 5.75 Å². The zero-order chi connectivity index (χ0) is 15.4. The molecule has 1 atom stereocenters. The van der Waals surface area contributed by atoms with Crippen LogP contribution in [0, 0.1) is 13.8 Å². The first-order valence-corrected chi connectivity index (χ1v) is 7.45. The highest BCUT2D eigenvalue weighted by atomic mass is 79.9. The minimum atomic E-state index is -0.964. The highest BCUT2D eigenvalue weighted by Crippen LogP contribution is 2.20. The highest BCUT2D eigenvalue weighted by Gasteiger charge is 2.20. The Morgan fingerprint density at radius 2 is 1.86 bits per heavy atom. The first kappa shape index (κ1) is 15.6. The first-order valence-electron chi connectivity index (χ1n) is 6.66. The summed E-state index contributed by atoms with van der Waals surface area (Å²) in [4.78, 5) is 11.4. The molecule has 0 saturated carbocycles. The fraction of sp³-hybridized carbons (Fsp3) is 0.235. The van der Waals surface area contributed by atoms with Gasteiger partial charge in [0.1, 0.15) is 5.75 Å². The molecule has 4 heteroatoms. The van der Waals surface area contributed by atoms with Gasteiger partial charge in [-0.05, 0) is 54.8 Å². The molecule has 0 heterocycles. The number of carbonyl (C=O) groups is 1. The van der Waals surface area contributed by atoms with Gasteiger partial charge < -0.3 is 9.84 Å². The number of hydrogen-bond acceptors (Lipinski definition) is 2. The third-order valence-corrected chi connectivity index (χ3v) is 3.55. The zero-order valence-corrected chi connectivity index (χ0v) is 13.6. The molecule has 2 aromatic rings. The van der Waals surface area contributed by atoms with Crippen molar-refractivity contribution in [3.05, 3.63) is 63.6 Å². The minimum absolute atomic E-state index is 0.321. The monoisotopic (exact) mass is 348 g/mol. The second kappa shape index (κ2) is 6.76. The van der Waals surface area contributed by atoms with Crippen molar-refractivity contribution in [2.45, 2.75) is 26.4 Å². The van der Waals surface area contributed by atoms with Crippen LogP contribution in [0.15, 0.2) is 46.9 Å². The third kappa shape index (κ3) is 4.60. The van der Waals surface area contributed by atoms with Gasteiger partial charge >= 0.3 is 5.97 Å². The van der Waals surface area contributed by atoms with E-state index < -0.39 is 12.1 Å². The number of ether oxygens (including phenoxy) is 1. The lowest BCUT2D eigenvalue weighted by molar-refractivity contribution is -0.145. The second-order valence-corrected chi connectivity index (χ2v) is 6.02. The van der Waals surface area contributed by atoms with E-state index in [1.165, 1.54) is 0 Å². The molecule has 0 aromatic heterocycles. The molecule has 2 aromatic carbocycles. The SMILES string of the molecule is Cc1cc(C)cc(OC(Cc2cccc(Br)c2)C(=O)O)c1. The summed E-state index contributed by atoms with van der Waals surface area (Å²) in [6.07, 6.45) is -0.581. The van der Waals surface area contributed by atoms with E-state index in [0.717, 1.165) is 21.2 Å².